The fourth-order valence-corrected chi connectivity index (χ4v) is 2.78. The van der Waals surface area contributed by atoms with E-state index in [1.54, 1.807) is 0 Å². The Kier molecular flexibility index (Phi) is 4.59. The van der Waals surface area contributed by atoms with Gasteiger partial charge in [0.2, 0.25) is 5.91 Å². The highest BCUT2D eigenvalue weighted by atomic mass is 16.1. The number of rotatable bonds is 4. The van der Waals surface area contributed by atoms with Gasteiger partial charge in [-0.3, -0.25) is 4.79 Å². The summed E-state index contributed by atoms with van der Waals surface area (Å²) in [7, 11) is 0. The second-order valence-corrected chi connectivity index (χ2v) is 5.70. The molecule has 1 aliphatic carbocycles. The van der Waals surface area contributed by atoms with Gasteiger partial charge in [0.1, 0.15) is 0 Å². The zero-order valence-electron chi connectivity index (χ0n) is 11.7. The largest absolute Gasteiger partial charge is 0.326 e. The molecule has 0 aliphatic heterocycles. The number of benzene rings is 1. The van der Waals surface area contributed by atoms with E-state index in [2.05, 4.69) is 24.4 Å². The fraction of sp³-hybridized carbons (Fsp3) is 0.562. The van der Waals surface area contributed by atoms with Crippen LogP contribution in [0.1, 0.15) is 51.0 Å². The monoisotopic (exact) mass is 260 g/mol. The lowest BCUT2D eigenvalue weighted by Gasteiger charge is -2.32. The van der Waals surface area contributed by atoms with E-state index in [0.29, 0.717) is 6.42 Å². The van der Waals surface area contributed by atoms with Crippen molar-refractivity contribution in [3.8, 4) is 0 Å². The van der Waals surface area contributed by atoms with E-state index in [0.717, 1.165) is 37.8 Å². The van der Waals surface area contributed by atoms with Crippen molar-refractivity contribution in [1.82, 2.24) is 0 Å². The number of nitrogens with one attached hydrogen (secondary N) is 1. The van der Waals surface area contributed by atoms with Crippen LogP contribution < -0.4 is 11.1 Å². The van der Waals surface area contributed by atoms with Crippen molar-refractivity contribution in [2.75, 3.05) is 5.32 Å². The molecule has 0 bridgehead atoms. The van der Waals surface area contributed by atoms with E-state index in [9.17, 15) is 4.79 Å². The van der Waals surface area contributed by atoms with Crippen molar-refractivity contribution >= 4 is 11.6 Å². The van der Waals surface area contributed by atoms with Crippen molar-refractivity contribution < 1.29 is 4.79 Å². The van der Waals surface area contributed by atoms with Crippen molar-refractivity contribution in [2.45, 2.75) is 57.4 Å². The SMILES string of the molecule is CCc1ccc(NC(=O)CC2(N)CCCCC2)cc1. The van der Waals surface area contributed by atoms with Gasteiger partial charge in [-0.05, 0) is 37.0 Å². The van der Waals surface area contributed by atoms with E-state index in [-0.39, 0.29) is 11.4 Å². The van der Waals surface area contributed by atoms with Crippen molar-refractivity contribution in [3.05, 3.63) is 29.8 Å². The molecule has 3 nitrogen and oxygen atoms in total. The van der Waals surface area contributed by atoms with Gasteiger partial charge in [0.15, 0.2) is 0 Å². The highest BCUT2D eigenvalue weighted by Crippen LogP contribution is 2.28. The molecule has 1 aliphatic rings. The first-order valence-electron chi connectivity index (χ1n) is 7.29. The topological polar surface area (TPSA) is 55.1 Å². The Balaban J connectivity index is 1.89. The average molecular weight is 260 g/mol. The van der Waals surface area contributed by atoms with Crippen LogP contribution in [-0.4, -0.2) is 11.4 Å². The molecule has 19 heavy (non-hydrogen) atoms. The van der Waals surface area contributed by atoms with E-state index < -0.39 is 0 Å². The predicted molar refractivity (Wildman–Crippen MR) is 79.1 cm³/mol. The van der Waals surface area contributed by atoms with Gasteiger partial charge < -0.3 is 11.1 Å². The number of carbonyl (C=O) groups is 1. The standard InChI is InChI=1S/C16H24N2O/c1-2-13-6-8-14(9-7-13)18-15(19)12-16(17)10-4-3-5-11-16/h6-9H,2-5,10-12,17H2,1H3,(H,18,19). The van der Waals surface area contributed by atoms with Gasteiger partial charge in [-0.2, -0.15) is 0 Å². The normalized spacial score (nSPS) is 18.0. The van der Waals surface area contributed by atoms with Crippen LogP contribution in [0.25, 0.3) is 0 Å². The summed E-state index contributed by atoms with van der Waals surface area (Å²) < 4.78 is 0. The first-order valence-corrected chi connectivity index (χ1v) is 7.29. The second-order valence-electron chi connectivity index (χ2n) is 5.70. The average Bonchev–Trinajstić information content (AvgIpc) is 2.39. The van der Waals surface area contributed by atoms with E-state index in [1.165, 1.54) is 12.0 Å². The molecular weight excluding hydrogens is 236 g/mol. The summed E-state index contributed by atoms with van der Waals surface area (Å²) in [6, 6.07) is 8.02. The number of aryl methyl sites for hydroxylation is 1. The zero-order chi connectivity index (χ0) is 13.7. The van der Waals surface area contributed by atoms with Gasteiger partial charge in [0.05, 0.1) is 0 Å². The molecule has 0 aromatic heterocycles. The number of anilines is 1. The van der Waals surface area contributed by atoms with Crippen molar-refractivity contribution in [2.24, 2.45) is 5.73 Å². The van der Waals surface area contributed by atoms with Gasteiger partial charge in [-0.25, -0.2) is 0 Å². The van der Waals surface area contributed by atoms with Crippen LogP contribution in [0, 0.1) is 0 Å². The number of amides is 1. The molecule has 1 aromatic rings. The van der Waals surface area contributed by atoms with Crippen LogP contribution >= 0.6 is 0 Å². The Bertz CT molecular complexity index is 419. The van der Waals surface area contributed by atoms with Gasteiger partial charge >= 0.3 is 0 Å². The first kappa shape index (κ1) is 14.1. The zero-order valence-corrected chi connectivity index (χ0v) is 11.7. The number of hydrogen-bond donors (Lipinski definition) is 2. The van der Waals surface area contributed by atoms with Gasteiger partial charge in [0.25, 0.3) is 0 Å². The van der Waals surface area contributed by atoms with E-state index >= 15 is 0 Å². The minimum absolute atomic E-state index is 0.0358. The third-order valence-corrected chi connectivity index (χ3v) is 4.01. The Morgan fingerprint density at radius 1 is 1.21 bits per heavy atom. The summed E-state index contributed by atoms with van der Waals surface area (Å²) in [5.41, 5.74) is 8.15. The summed E-state index contributed by atoms with van der Waals surface area (Å²) in [6.45, 7) is 2.12. The third-order valence-electron chi connectivity index (χ3n) is 4.01. The quantitative estimate of drug-likeness (QED) is 0.873. The maximum absolute atomic E-state index is 12.0. The molecular formula is C16H24N2O. The Hall–Kier alpha value is -1.35. The van der Waals surface area contributed by atoms with Crippen LogP contribution in [-0.2, 0) is 11.2 Å². The number of hydrogen-bond acceptors (Lipinski definition) is 2. The minimum Gasteiger partial charge on any atom is -0.326 e. The predicted octanol–water partition coefficient (Wildman–Crippen LogP) is 3.24. The molecule has 0 radical (unpaired) electrons. The highest BCUT2D eigenvalue weighted by Gasteiger charge is 2.29. The fourth-order valence-electron chi connectivity index (χ4n) is 2.78. The summed E-state index contributed by atoms with van der Waals surface area (Å²) in [5.74, 6) is 0.0358. The van der Waals surface area contributed by atoms with Crippen LogP contribution in [0.15, 0.2) is 24.3 Å². The van der Waals surface area contributed by atoms with Crippen molar-refractivity contribution in [3.63, 3.8) is 0 Å². The maximum Gasteiger partial charge on any atom is 0.226 e. The third kappa shape index (κ3) is 4.06. The Morgan fingerprint density at radius 2 is 1.84 bits per heavy atom. The van der Waals surface area contributed by atoms with Gasteiger partial charge in [-0.1, -0.05) is 38.3 Å². The highest BCUT2D eigenvalue weighted by molar-refractivity contribution is 5.91. The van der Waals surface area contributed by atoms with Crippen LogP contribution in [0.3, 0.4) is 0 Å². The molecule has 0 spiro atoms. The minimum atomic E-state index is -0.286. The summed E-state index contributed by atoms with van der Waals surface area (Å²) >= 11 is 0. The lowest BCUT2D eigenvalue weighted by molar-refractivity contribution is -0.117. The van der Waals surface area contributed by atoms with Gasteiger partial charge in [-0.15, -0.1) is 0 Å². The van der Waals surface area contributed by atoms with Crippen LogP contribution in [0.5, 0.6) is 0 Å². The summed E-state index contributed by atoms with van der Waals surface area (Å²) in [4.78, 5) is 12.0. The molecule has 0 atom stereocenters. The summed E-state index contributed by atoms with van der Waals surface area (Å²) in [6.07, 6.45) is 6.93. The second kappa shape index (κ2) is 6.20. The first-order chi connectivity index (χ1) is 9.11. The molecule has 104 valence electrons. The molecule has 0 heterocycles. The van der Waals surface area contributed by atoms with E-state index in [4.69, 9.17) is 5.73 Å². The number of nitrogens with two attached hydrogens (primary N) is 1. The van der Waals surface area contributed by atoms with Gasteiger partial charge in [0, 0.05) is 17.6 Å². The number of carbonyl (C=O) groups excluding carboxylic acids is 1. The molecule has 1 aromatic carbocycles. The van der Waals surface area contributed by atoms with Crippen LogP contribution in [0.4, 0.5) is 5.69 Å². The lowest BCUT2D eigenvalue weighted by Crippen LogP contribution is -2.44. The van der Waals surface area contributed by atoms with Crippen LogP contribution in [0.2, 0.25) is 0 Å². The maximum atomic E-state index is 12.0. The lowest BCUT2D eigenvalue weighted by atomic mass is 9.80. The summed E-state index contributed by atoms with van der Waals surface area (Å²) in [5, 5.41) is 2.95. The smallest absolute Gasteiger partial charge is 0.226 e. The molecule has 3 heteroatoms. The molecule has 2 rings (SSSR count). The molecule has 1 fully saturated rings. The Labute approximate surface area is 115 Å². The molecule has 3 N–H and O–H groups in total. The molecule has 1 saturated carbocycles. The van der Waals surface area contributed by atoms with Crippen molar-refractivity contribution in [1.29, 1.82) is 0 Å². The molecule has 0 unspecified atom stereocenters. The van der Waals surface area contributed by atoms with E-state index in [1.807, 2.05) is 12.1 Å². The molecule has 0 saturated heterocycles. The molecule has 1 amide bonds. The Morgan fingerprint density at radius 3 is 2.42 bits per heavy atom.